The first-order chi connectivity index (χ1) is 17.9. The highest BCUT2D eigenvalue weighted by atomic mass is 35.5. The van der Waals surface area contributed by atoms with E-state index in [1.165, 1.54) is 28.5 Å². The van der Waals surface area contributed by atoms with E-state index in [1.807, 2.05) is 0 Å². The van der Waals surface area contributed by atoms with E-state index in [0.29, 0.717) is 26.8 Å². The molecule has 3 heterocycles. The van der Waals surface area contributed by atoms with Crippen LogP contribution in [0.25, 0.3) is 0 Å². The van der Waals surface area contributed by atoms with Crippen LogP contribution in [0.3, 0.4) is 0 Å². The van der Waals surface area contributed by atoms with Crippen molar-refractivity contribution in [1.29, 1.82) is 5.26 Å². The maximum Gasteiger partial charge on any atom is 0.269 e. The molecule has 3 atom stereocenters. The van der Waals surface area contributed by atoms with Crippen molar-refractivity contribution in [2.75, 3.05) is 9.96 Å². The van der Waals surface area contributed by atoms with Gasteiger partial charge in [0.25, 0.3) is 11.6 Å². The molecule has 3 aliphatic rings. The van der Waals surface area contributed by atoms with Crippen LogP contribution in [-0.4, -0.2) is 22.8 Å². The van der Waals surface area contributed by atoms with Crippen LogP contribution in [0.4, 0.5) is 16.4 Å². The number of imide groups is 1. The number of nitriles is 1. The molecule has 2 saturated heterocycles. The largest absolute Gasteiger partial charge is 0.273 e. The predicted molar refractivity (Wildman–Crippen MR) is 136 cm³/mol. The number of benzene rings is 2. The van der Waals surface area contributed by atoms with Crippen molar-refractivity contribution in [2.24, 2.45) is 5.92 Å². The molecule has 0 bridgehead atoms. The molecule has 6 rings (SSSR count). The fourth-order valence-corrected chi connectivity index (χ4v) is 6.89. The highest BCUT2D eigenvalue weighted by molar-refractivity contribution is 7.17. The molecule has 0 spiro atoms. The SMILES string of the molecule is N#Cc1c(N2C(=O)[C@@H]3[C@H](ON(c4ccc(Cl)cc4)[C@H]3c3cccc([N+](=O)[O-])c3)C2=O)sc2c1CCCC2. The van der Waals surface area contributed by atoms with Gasteiger partial charge in [-0.25, -0.2) is 9.96 Å². The molecule has 3 aromatic rings. The van der Waals surface area contributed by atoms with E-state index in [-0.39, 0.29) is 5.69 Å². The van der Waals surface area contributed by atoms with E-state index in [9.17, 15) is 25.0 Å². The number of thiophene rings is 1. The first-order valence-corrected chi connectivity index (χ1v) is 13.0. The molecular weight excluding hydrogens is 516 g/mol. The molecule has 9 nitrogen and oxygen atoms in total. The third-order valence-electron chi connectivity index (χ3n) is 7.09. The molecule has 2 aromatic carbocycles. The number of nitro benzene ring substituents is 1. The third kappa shape index (κ3) is 3.70. The standard InChI is InChI=1S/C26H19ClN4O5S/c27-15-8-10-16(11-9-15)30-22(14-4-3-5-17(12-14)31(34)35)21-23(36-30)25(33)29(24(21)32)26-19(13-28)18-6-1-2-7-20(18)37-26/h3-5,8-12,21-23H,1-2,6-7H2/t21-,22-,23-/m0/s1. The van der Waals surface area contributed by atoms with Crippen LogP contribution in [-0.2, 0) is 27.3 Å². The number of nitro groups is 1. The number of carbonyl (C=O) groups excluding carboxylic acids is 2. The lowest BCUT2D eigenvalue weighted by Gasteiger charge is -2.28. The molecular formula is C26H19ClN4O5S. The summed E-state index contributed by atoms with van der Waals surface area (Å²) in [4.78, 5) is 46.9. The Morgan fingerprint density at radius 2 is 1.86 bits per heavy atom. The number of hydroxylamine groups is 1. The smallest absolute Gasteiger partial charge is 0.269 e. The van der Waals surface area contributed by atoms with Gasteiger partial charge in [0.15, 0.2) is 6.10 Å². The van der Waals surface area contributed by atoms with Gasteiger partial charge in [-0.1, -0.05) is 23.7 Å². The Hall–Kier alpha value is -3.78. The molecule has 2 fully saturated rings. The number of amides is 2. The normalized spacial score (nSPS) is 22.6. The molecule has 1 aliphatic carbocycles. The molecule has 0 radical (unpaired) electrons. The van der Waals surface area contributed by atoms with Crippen LogP contribution in [0.5, 0.6) is 0 Å². The van der Waals surface area contributed by atoms with Crippen LogP contribution in [0.15, 0.2) is 48.5 Å². The Balaban J connectivity index is 1.45. The zero-order valence-corrected chi connectivity index (χ0v) is 20.9. The second-order valence-corrected chi connectivity index (χ2v) is 10.7. The predicted octanol–water partition coefficient (Wildman–Crippen LogP) is 5.11. The fourth-order valence-electron chi connectivity index (χ4n) is 5.41. The maximum absolute atomic E-state index is 14.0. The Bertz CT molecular complexity index is 1500. The molecule has 1 aromatic heterocycles. The van der Waals surface area contributed by atoms with Crippen molar-refractivity contribution in [3.63, 3.8) is 0 Å². The number of rotatable bonds is 4. The van der Waals surface area contributed by atoms with Gasteiger partial charge in [-0.05, 0) is 61.1 Å². The first kappa shape index (κ1) is 23.6. The zero-order chi connectivity index (χ0) is 25.8. The number of nitrogens with zero attached hydrogens (tertiary/aromatic N) is 4. The third-order valence-corrected chi connectivity index (χ3v) is 8.62. The topological polar surface area (TPSA) is 117 Å². The van der Waals surface area contributed by atoms with Gasteiger partial charge in [0.1, 0.15) is 17.0 Å². The highest BCUT2D eigenvalue weighted by Gasteiger charge is 2.61. The van der Waals surface area contributed by atoms with E-state index in [4.69, 9.17) is 16.4 Å². The lowest BCUT2D eigenvalue weighted by atomic mass is 9.90. The maximum atomic E-state index is 14.0. The van der Waals surface area contributed by atoms with Gasteiger partial charge in [-0.15, -0.1) is 11.3 Å². The molecule has 0 unspecified atom stereocenters. The number of hydrogen-bond donors (Lipinski definition) is 0. The Labute approximate surface area is 220 Å². The van der Waals surface area contributed by atoms with Crippen molar-refractivity contribution in [2.45, 2.75) is 37.8 Å². The summed E-state index contributed by atoms with van der Waals surface area (Å²) in [5.41, 5.74) is 2.17. The van der Waals surface area contributed by atoms with Crippen molar-refractivity contribution in [3.8, 4) is 6.07 Å². The minimum Gasteiger partial charge on any atom is -0.273 e. The Kier molecular flexibility index (Phi) is 5.71. The van der Waals surface area contributed by atoms with Crippen molar-refractivity contribution in [3.05, 3.63) is 85.2 Å². The van der Waals surface area contributed by atoms with Crippen molar-refractivity contribution >= 4 is 51.1 Å². The number of hydrogen-bond acceptors (Lipinski definition) is 8. The molecule has 0 N–H and O–H groups in total. The first-order valence-electron chi connectivity index (χ1n) is 11.8. The highest BCUT2D eigenvalue weighted by Crippen LogP contribution is 2.50. The zero-order valence-electron chi connectivity index (χ0n) is 19.3. The fraction of sp³-hybridized carbons (Fsp3) is 0.269. The summed E-state index contributed by atoms with van der Waals surface area (Å²) in [7, 11) is 0. The summed E-state index contributed by atoms with van der Waals surface area (Å²) in [6.07, 6.45) is 2.38. The molecule has 11 heteroatoms. The van der Waals surface area contributed by atoms with Gasteiger partial charge in [0.05, 0.1) is 22.2 Å². The summed E-state index contributed by atoms with van der Waals surface area (Å²) in [6, 6.07) is 14.1. The monoisotopic (exact) mass is 534 g/mol. The molecule has 2 aliphatic heterocycles. The Morgan fingerprint density at radius 1 is 1.11 bits per heavy atom. The Morgan fingerprint density at radius 3 is 2.59 bits per heavy atom. The summed E-state index contributed by atoms with van der Waals surface area (Å²) in [5, 5.41) is 23.7. The van der Waals surface area contributed by atoms with Gasteiger partial charge in [0, 0.05) is 22.0 Å². The summed E-state index contributed by atoms with van der Waals surface area (Å²) < 4.78 is 0. The van der Waals surface area contributed by atoms with Crippen LogP contribution >= 0.6 is 22.9 Å². The van der Waals surface area contributed by atoms with E-state index in [2.05, 4.69) is 6.07 Å². The number of aryl methyl sites for hydroxylation is 1. The van der Waals surface area contributed by atoms with Crippen LogP contribution in [0.2, 0.25) is 5.02 Å². The quantitative estimate of drug-likeness (QED) is 0.259. The second-order valence-electron chi connectivity index (χ2n) is 9.17. The lowest BCUT2D eigenvalue weighted by Crippen LogP contribution is -2.37. The number of carbonyl (C=O) groups is 2. The second kappa shape index (κ2) is 8.95. The summed E-state index contributed by atoms with van der Waals surface area (Å²) in [5.74, 6) is -1.99. The summed E-state index contributed by atoms with van der Waals surface area (Å²) >= 11 is 7.37. The van der Waals surface area contributed by atoms with E-state index in [1.54, 1.807) is 36.4 Å². The average molecular weight is 535 g/mol. The number of fused-ring (bicyclic) bond motifs is 2. The molecule has 37 heavy (non-hydrogen) atoms. The minimum absolute atomic E-state index is 0.136. The number of anilines is 2. The van der Waals surface area contributed by atoms with Gasteiger partial charge >= 0.3 is 0 Å². The number of non-ortho nitro benzene ring substituents is 1. The van der Waals surface area contributed by atoms with Crippen LogP contribution < -0.4 is 9.96 Å². The van der Waals surface area contributed by atoms with Crippen molar-refractivity contribution in [1.82, 2.24) is 0 Å². The van der Waals surface area contributed by atoms with Crippen LogP contribution in [0, 0.1) is 27.4 Å². The van der Waals surface area contributed by atoms with Gasteiger partial charge in [0.2, 0.25) is 5.91 Å². The van der Waals surface area contributed by atoms with Gasteiger partial charge < -0.3 is 0 Å². The lowest BCUT2D eigenvalue weighted by molar-refractivity contribution is -0.384. The molecule has 0 saturated carbocycles. The molecule has 2 amide bonds. The summed E-state index contributed by atoms with van der Waals surface area (Å²) in [6.45, 7) is 0. The number of halogens is 1. The van der Waals surface area contributed by atoms with E-state index in [0.717, 1.165) is 41.0 Å². The van der Waals surface area contributed by atoms with Crippen molar-refractivity contribution < 1.29 is 19.3 Å². The molecule has 186 valence electrons. The minimum atomic E-state index is -1.14. The van der Waals surface area contributed by atoms with E-state index < -0.39 is 34.8 Å². The average Bonchev–Trinajstić information content (AvgIpc) is 3.54. The van der Waals surface area contributed by atoms with Gasteiger partial charge in [-0.2, -0.15) is 5.26 Å². The van der Waals surface area contributed by atoms with E-state index >= 15 is 0 Å². The van der Waals surface area contributed by atoms with Crippen LogP contribution in [0.1, 0.15) is 40.5 Å². The van der Waals surface area contributed by atoms with Gasteiger partial charge in [-0.3, -0.25) is 24.5 Å².